The molecule has 0 amide bonds. The topological polar surface area (TPSA) is 50.2 Å². The lowest BCUT2D eigenvalue weighted by atomic mass is 10.2. The minimum Gasteiger partial charge on any atom is -0.319 e. The molecule has 0 fully saturated rings. The van der Waals surface area contributed by atoms with E-state index in [4.69, 9.17) is 11.6 Å². The van der Waals surface area contributed by atoms with Crippen LogP contribution in [0.1, 0.15) is 5.56 Å². The zero-order valence-electron chi connectivity index (χ0n) is 8.58. The van der Waals surface area contributed by atoms with E-state index in [0.29, 0.717) is 22.1 Å². The maximum absolute atomic E-state index is 13.6. The zero-order chi connectivity index (χ0) is 12.0. The van der Waals surface area contributed by atoms with E-state index in [1.54, 1.807) is 6.07 Å². The average molecular weight is 252 g/mol. The fourth-order valence-corrected chi connectivity index (χ4v) is 2.04. The van der Waals surface area contributed by atoms with Crippen LogP contribution < -0.4 is 5.56 Å². The van der Waals surface area contributed by atoms with E-state index in [1.807, 2.05) is 0 Å². The van der Waals surface area contributed by atoms with Crippen LogP contribution in [0.5, 0.6) is 0 Å². The van der Waals surface area contributed by atoms with Gasteiger partial charge in [0.15, 0.2) is 0 Å². The summed E-state index contributed by atoms with van der Waals surface area (Å²) >= 11 is 5.62. The molecule has 3 aromatic rings. The molecule has 86 valence electrons. The Bertz CT molecular complexity index is 777. The van der Waals surface area contributed by atoms with Crippen molar-refractivity contribution >= 4 is 28.2 Å². The van der Waals surface area contributed by atoms with Crippen LogP contribution in [0.15, 0.2) is 29.2 Å². The number of hydrogen-bond donors (Lipinski definition) is 1. The lowest BCUT2D eigenvalue weighted by molar-refractivity contribution is 0.618. The minimum atomic E-state index is -0.406. The molecule has 1 N–H and O–H groups in total. The number of nitrogens with one attached hydrogen (secondary N) is 1. The van der Waals surface area contributed by atoms with Crippen molar-refractivity contribution in [2.75, 3.05) is 0 Å². The monoisotopic (exact) mass is 251 g/mol. The molecule has 0 saturated carbocycles. The number of halogens is 2. The molecule has 0 aliphatic rings. The molecule has 6 heteroatoms. The molecular formula is C11H7ClFN3O. The molecule has 1 aromatic carbocycles. The van der Waals surface area contributed by atoms with Gasteiger partial charge in [-0.1, -0.05) is 0 Å². The van der Waals surface area contributed by atoms with Crippen molar-refractivity contribution in [1.29, 1.82) is 0 Å². The van der Waals surface area contributed by atoms with Gasteiger partial charge < -0.3 is 4.98 Å². The van der Waals surface area contributed by atoms with Gasteiger partial charge in [0, 0.05) is 11.6 Å². The maximum atomic E-state index is 13.6. The Morgan fingerprint density at radius 2 is 2.24 bits per heavy atom. The van der Waals surface area contributed by atoms with E-state index >= 15 is 0 Å². The third kappa shape index (κ3) is 1.43. The SMILES string of the molecule is O=c1[nH]c2cc(CCl)c(F)cc2n2nccc12. The summed E-state index contributed by atoms with van der Waals surface area (Å²) in [6.07, 6.45) is 1.50. The molecule has 0 aliphatic carbocycles. The number of hydrogen-bond acceptors (Lipinski definition) is 2. The number of benzene rings is 1. The highest BCUT2D eigenvalue weighted by Crippen LogP contribution is 2.18. The first kappa shape index (κ1) is 10.3. The summed E-state index contributed by atoms with van der Waals surface area (Å²) in [5.74, 6) is -0.350. The van der Waals surface area contributed by atoms with Crippen LogP contribution in [0.4, 0.5) is 4.39 Å². The highest BCUT2D eigenvalue weighted by Gasteiger charge is 2.09. The predicted octanol–water partition coefficient (Wildman–Crippen LogP) is 2.05. The second-order valence-corrected chi connectivity index (χ2v) is 3.94. The van der Waals surface area contributed by atoms with Crippen molar-refractivity contribution in [1.82, 2.24) is 14.6 Å². The van der Waals surface area contributed by atoms with E-state index in [1.165, 1.54) is 22.8 Å². The highest BCUT2D eigenvalue weighted by atomic mass is 35.5. The minimum absolute atomic E-state index is 0.0565. The summed E-state index contributed by atoms with van der Waals surface area (Å²) in [4.78, 5) is 14.4. The predicted molar refractivity (Wildman–Crippen MR) is 62.8 cm³/mol. The van der Waals surface area contributed by atoms with Gasteiger partial charge in [0.25, 0.3) is 5.56 Å². The second kappa shape index (κ2) is 3.56. The fraction of sp³-hybridized carbons (Fsp3) is 0.0909. The van der Waals surface area contributed by atoms with Crippen molar-refractivity contribution in [2.45, 2.75) is 5.88 Å². The van der Waals surface area contributed by atoms with Crippen molar-refractivity contribution in [3.63, 3.8) is 0 Å². The number of aromatic nitrogens is 3. The molecule has 0 aliphatic heterocycles. The normalized spacial score (nSPS) is 11.4. The van der Waals surface area contributed by atoms with E-state index < -0.39 is 5.82 Å². The van der Waals surface area contributed by atoms with Crippen LogP contribution in [-0.2, 0) is 5.88 Å². The number of aromatic amines is 1. The van der Waals surface area contributed by atoms with Crippen molar-refractivity contribution in [3.8, 4) is 0 Å². The molecule has 0 unspecified atom stereocenters. The first-order chi connectivity index (χ1) is 8.20. The smallest absolute Gasteiger partial charge is 0.274 e. The molecule has 4 nitrogen and oxygen atoms in total. The molecule has 0 bridgehead atoms. The van der Waals surface area contributed by atoms with Gasteiger partial charge in [-0.2, -0.15) is 5.10 Å². The van der Waals surface area contributed by atoms with Crippen LogP contribution in [0.2, 0.25) is 0 Å². The van der Waals surface area contributed by atoms with Gasteiger partial charge in [-0.05, 0) is 12.1 Å². The standard InChI is InChI=1S/C11H7ClFN3O/c12-5-6-3-8-10(4-7(6)13)16-9(1-2-14-16)11(17)15-8/h1-4H,5H2,(H,15,17). The first-order valence-electron chi connectivity index (χ1n) is 4.95. The second-order valence-electron chi connectivity index (χ2n) is 3.68. The van der Waals surface area contributed by atoms with Crippen molar-refractivity contribution in [2.24, 2.45) is 0 Å². The first-order valence-corrected chi connectivity index (χ1v) is 5.48. The zero-order valence-corrected chi connectivity index (χ0v) is 9.33. The van der Waals surface area contributed by atoms with E-state index in [2.05, 4.69) is 10.1 Å². The Balaban J connectivity index is 2.55. The van der Waals surface area contributed by atoms with Gasteiger partial charge in [0.05, 0.1) is 23.1 Å². The fourth-order valence-electron chi connectivity index (χ4n) is 1.84. The van der Waals surface area contributed by atoms with Gasteiger partial charge >= 0.3 is 0 Å². The molecule has 2 heterocycles. The van der Waals surface area contributed by atoms with Crippen LogP contribution >= 0.6 is 11.6 Å². The number of fused-ring (bicyclic) bond motifs is 3. The number of rotatable bonds is 1. The Morgan fingerprint density at radius 1 is 1.41 bits per heavy atom. The van der Waals surface area contributed by atoms with Crippen LogP contribution in [0, 0.1) is 5.82 Å². The van der Waals surface area contributed by atoms with Gasteiger partial charge in [0.2, 0.25) is 0 Å². The van der Waals surface area contributed by atoms with Crippen LogP contribution in [-0.4, -0.2) is 14.6 Å². The number of alkyl halides is 1. The Hall–Kier alpha value is -1.88. The summed E-state index contributed by atoms with van der Waals surface area (Å²) in [6, 6.07) is 4.43. The maximum Gasteiger partial charge on any atom is 0.274 e. The highest BCUT2D eigenvalue weighted by molar-refractivity contribution is 6.17. The lowest BCUT2D eigenvalue weighted by Gasteiger charge is -2.04. The number of nitrogens with zero attached hydrogens (tertiary/aromatic N) is 2. The number of H-pyrrole nitrogens is 1. The third-order valence-electron chi connectivity index (χ3n) is 2.66. The summed E-state index contributed by atoms with van der Waals surface area (Å²) in [5, 5.41) is 4.00. The Kier molecular flexibility index (Phi) is 2.16. The molecule has 0 spiro atoms. The van der Waals surface area contributed by atoms with Crippen LogP contribution in [0.3, 0.4) is 0 Å². The van der Waals surface area contributed by atoms with Gasteiger partial charge in [0.1, 0.15) is 11.3 Å². The Labute approximate surface area is 99.6 Å². The van der Waals surface area contributed by atoms with Gasteiger partial charge in [-0.3, -0.25) is 4.79 Å². The molecule has 3 rings (SSSR count). The van der Waals surface area contributed by atoms with Crippen molar-refractivity contribution < 1.29 is 4.39 Å². The molecule has 0 saturated heterocycles. The Morgan fingerprint density at radius 3 is 3.00 bits per heavy atom. The molecule has 2 aromatic heterocycles. The lowest BCUT2D eigenvalue weighted by Crippen LogP contribution is -2.11. The van der Waals surface area contributed by atoms with E-state index in [9.17, 15) is 9.18 Å². The molecular weight excluding hydrogens is 245 g/mol. The quantitative estimate of drug-likeness (QED) is 0.673. The van der Waals surface area contributed by atoms with Crippen molar-refractivity contribution in [3.05, 3.63) is 46.1 Å². The summed E-state index contributed by atoms with van der Waals surface area (Å²) in [5.41, 5.74) is 1.50. The van der Waals surface area contributed by atoms with Crippen LogP contribution in [0.25, 0.3) is 16.6 Å². The summed E-state index contributed by atoms with van der Waals surface area (Å²) in [7, 11) is 0. The van der Waals surface area contributed by atoms with E-state index in [0.717, 1.165) is 0 Å². The summed E-state index contributed by atoms with van der Waals surface area (Å²) in [6.45, 7) is 0. The van der Waals surface area contributed by atoms with E-state index in [-0.39, 0.29) is 11.4 Å². The molecule has 0 atom stereocenters. The molecule has 0 radical (unpaired) electrons. The largest absolute Gasteiger partial charge is 0.319 e. The van der Waals surface area contributed by atoms with Gasteiger partial charge in [-0.25, -0.2) is 8.91 Å². The molecule has 17 heavy (non-hydrogen) atoms. The third-order valence-corrected chi connectivity index (χ3v) is 2.95. The van der Waals surface area contributed by atoms with Gasteiger partial charge in [-0.15, -0.1) is 11.6 Å². The summed E-state index contributed by atoms with van der Waals surface area (Å²) < 4.78 is 15.0. The average Bonchev–Trinajstić information content (AvgIpc) is 2.79.